The van der Waals surface area contributed by atoms with Gasteiger partial charge in [-0.3, -0.25) is 13.9 Å². The second-order valence-corrected chi connectivity index (χ2v) is 11.5. The molecule has 3 aromatic carbocycles. The van der Waals surface area contributed by atoms with Crippen molar-refractivity contribution in [1.82, 2.24) is 10.2 Å². The third-order valence-electron chi connectivity index (χ3n) is 6.53. The van der Waals surface area contributed by atoms with Crippen molar-refractivity contribution in [2.75, 3.05) is 30.6 Å². The van der Waals surface area contributed by atoms with Crippen molar-refractivity contribution in [1.29, 1.82) is 0 Å². The van der Waals surface area contributed by atoms with Crippen LogP contribution in [0.4, 0.5) is 10.1 Å². The van der Waals surface area contributed by atoms with Crippen molar-refractivity contribution in [2.24, 2.45) is 0 Å². The highest BCUT2D eigenvalue weighted by molar-refractivity contribution is 7.92. The lowest BCUT2D eigenvalue weighted by atomic mass is 10.1. The van der Waals surface area contributed by atoms with Gasteiger partial charge in [-0.05, 0) is 61.4 Å². The molecule has 9 nitrogen and oxygen atoms in total. The molecule has 218 valence electrons. The molecule has 12 heteroatoms. The first-order chi connectivity index (χ1) is 19.6. The number of fused-ring (bicyclic) bond motifs is 1. The number of sulfonamides is 1. The van der Waals surface area contributed by atoms with Crippen LogP contribution in [0.3, 0.4) is 0 Å². The number of carbonyl (C=O) groups is 2. The number of benzene rings is 3. The Labute approximate surface area is 243 Å². The van der Waals surface area contributed by atoms with Gasteiger partial charge in [-0.2, -0.15) is 0 Å². The number of nitrogens with one attached hydrogen (secondary N) is 1. The zero-order valence-corrected chi connectivity index (χ0v) is 24.3. The Morgan fingerprint density at radius 3 is 2.34 bits per heavy atom. The number of hydrogen-bond donors (Lipinski definition) is 1. The van der Waals surface area contributed by atoms with E-state index in [9.17, 15) is 22.4 Å². The lowest BCUT2D eigenvalue weighted by molar-refractivity contribution is -0.140. The van der Waals surface area contributed by atoms with E-state index >= 15 is 0 Å². The summed E-state index contributed by atoms with van der Waals surface area (Å²) in [6.07, 6.45) is 0.271. The van der Waals surface area contributed by atoms with Crippen LogP contribution in [0.25, 0.3) is 0 Å². The standard InChI is InChI=1S/C29H31ClFN3O6S/c1-3-25(29(36)32-4-2)33(18-20-7-5-6-8-24(20)30)28(35)19-34(22-11-9-21(31)10-12-22)41(37,38)23-13-14-26-27(17-23)40-16-15-39-26/h5-14,17,25H,3-4,15-16,18-19H2,1-2H3,(H,32,36)/t25-/m1/s1. The third kappa shape index (κ3) is 6.91. The molecule has 3 aromatic rings. The van der Waals surface area contributed by atoms with Crippen molar-refractivity contribution < 1.29 is 31.9 Å². The summed E-state index contributed by atoms with van der Waals surface area (Å²) in [6, 6.07) is 14.9. The van der Waals surface area contributed by atoms with Crippen molar-refractivity contribution in [3.8, 4) is 11.5 Å². The molecule has 2 amide bonds. The molecule has 0 saturated heterocycles. The van der Waals surface area contributed by atoms with E-state index in [1.165, 1.54) is 35.2 Å². The second-order valence-electron chi connectivity index (χ2n) is 9.23. The number of nitrogens with zero attached hydrogens (tertiary/aromatic N) is 2. The summed E-state index contributed by atoms with van der Waals surface area (Å²) in [5.41, 5.74) is 0.659. The van der Waals surface area contributed by atoms with Crippen molar-refractivity contribution in [3.05, 3.63) is 83.1 Å². The Kier molecular flexibility index (Phi) is 9.72. The summed E-state index contributed by atoms with van der Waals surface area (Å²) < 4.78 is 53.8. The van der Waals surface area contributed by atoms with Gasteiger partial charge in [0.05, 0.1) is 10.6 Å². The molecular weight excluding hydrogens is 573 g/mol. The van der Waals surface area contributed by atoms with Gasteiger partial charge in [-0.25, -0.2) is 12.8 Å². The minimum Gasteiger partial charge on any atom is -0.486 e. The number of ether oxygens (including phenoxy) is 2. The van der Waals surface area contributed by atoms with Crippen LogP contribution >= 0.6 is 11.6 Å². The zero-order chi connectivity index (χ0) is 29.6. The van der Waals surface area contributed by atoms with Crippen molar-refractivity contribution in [2.45, 2.75) is 37.8 Å². The van der Waals surface area contributed by atoms with Crippen LogP contribution < -0.4 is 19.1 Å². The fourth-order valence-corrected chi connectivity index (χ4v) is 6.09. The van der Waals surface area contributed by atoms with E-state index in [-0.39, 0.29) is 41.8 Å². The van der Waals surface area contributed by atoms with Crippen LogP contribution in [-0.2, 0) is 26.2 Å². The number of carbonyl (C=O) groups excluding carboxylic acids is 2. The third-order valence-corrected chi connectivity index (χ3v) is 8.67. The summed E-state index contributed by atoms with van der Waals surface area (Å²) in [7, 11) is -4.37. The van der Waals surface area contributed by atoms with Gasteiger partial charge in [-0.1, -0.05) is 36.7 Å². The maximum Gasteiger partial charge on any atom is 0.264 e. The van der Waals surface area contributed by atoms with Gasteiger partial charge in [0.1, 0.15) is 31.6 Å². The Hall–Kier alpha value is -3.83. The van der Waals surface area contributed by atoms with Crippen molar-refractivity contribution in [3.63, 3.8) is 0 Å². The lowest BCUT2D eigenvalue weighted by Crippen LogP contribution is -2.52. The largest absolute Gasteiger partial charge is 0.486 e. The van der Waals surface area contributed by atoms with E-state index in [0.717, 1.165) is 16.4 Å². The smallest absolute Gasteiger partial charge is 0.264 e. The number of hydrogen-bond acceptors (Lipinski definition) is 6. The Morgan fingerprint density at radius 1 is 1.00 bits per heavy atom. The first kappa shape index (κ1) is 30.1. The monoisotopic (exact) mass is 603 g/mol. The molecule has 41 heavy (non-hydrogen) atoms. The van der Waals surface area contributed by atoms with Gasteiger partial charge in [0.2, 0.25) is 11.8 Å². The van der Waals surface area contributed by atoms with Crippen LogP contribution in [0.2, 0.25) is 5.02 Å². The SMILES string of the molecule is CCNC(=O)[C@@H](CC)N(Cc1ccccc1Cl)C(=O)CN(c1ccc(F)cc1)S(=O)(=O)c1ccc2c(c1)OCCO2. The van der Waals surface area contributed by atoms with E-state index in [0.29, 0.717) is 29.5 Å². The van der Waals surface area contributed by atoms with Gasteiger partial charge in [-0.15, -0.1) is 0 Å². The number of halogens is 2. The Balaban J connectivity index is 1.75. The summed E-state index contributed by atoms with van der Waals surface area (Å²) >= 11 is 6.39. The highest BCUT2D eigenvalue weighted by atomic mass is 35.5. The molecule has 4 rings (SSSR count). The van der Waals surface area contributed by atoms with E-state index in [1.54, 1.807) is 38.1 Å². The molecule has 0 aromatic heterocycles. The van der Waals surface area contributed by atoms with Crippen LogP contribution in [0.1, 0.15) is 25.8 Å². The van der Waals surface area contributed by atoms with E-state index in [1.807, 2.05) is 0 Å². The minimum absolute atomic E-state index is 0.0323. The summed E-state index contributed by atoms with van der Waals surface area (Å²) in [4.78, 5) is 28.2. The van der Waals surface area contributed by atoms with Gasteiger partial charge in [0.25, 0.3) is 10.0 Å². The number of anilines is 1. The molecular formula is C29H31ClFN3O6S. The number of rotatable bonds is 11. The highest BCUT2D eigenvalue weighted by Crippen LogP contribution is 2.34. The second kappa shape index (κ2) is 13.2. The number of amides is 2. The average Bonchev–Trinajstić information content (AvgIpc) is 2.97. The highest BCUT2D eigenvalue weighted by Gasteiger charge is 2.34. The van der Waals surface area contributed by atoms with E-state index in [2.05, 4.69) is 5.32 Å². The lowest BCUT2D eigenvalue weighted by Gasteiger charge is -2.33. The van der Waals surface area contributed by atoms with E-state index < -0.39 is 34.3 Å². The molecule has 0 saturated carbocycles. The maximum absolute atomic E-state index is 14.0. The van der Waals surface area contributed by atoms with Crippen LogP contribution in [0.15, 0.2) is 71.6 Å². The number of likely N-dealkylation sites (N-methyl/N-ethyl adjacent to an activating group) is 1. The van der Waals surface area contributed by atoms with Crippen LogP contribution in [0.5, 0.6) is 11.5 Å². The fraction of sp³-hybridized carbons (Fsp3) is 0.310. The van der Waals surface area contributed by atoms with Crippen molar-refractivity contribution >= 4 is 39.1 Å². The predicted molar refractivity (Wildman–Crippen MR) is 153 cm³/mol. The molecule has 1 aliphatic heterocycles. The molecule has 1 N–H and O–H groups in total. The predicted octanol–water partition coefficient (Wildman–Crippen LogP) is 4.39. The molecule has 1 atom stereocenters. The average molecular weight is 604 g/mol. The molecule has 1 aliphatic rings. The summed E-state index contributed by atoms with van der Waals surface area (Å²) in [6.45, 7) is 3.77. The van der Waals surface area contributed by atoms with Gasteiger partial charge in [0.15, 0.2) is 11.5 Å². The zero-order valence-electron chi connectivity index (χ0n) is 22.7. The first-order valence-corrected chi connectivity index (χ1v) is 15.0. The summed E-state index contributed by atoms with van der Waals surface area (Å²) in [5, 5.41) is 3.14. The van der Waals surface area contributed by atoms with Gasteiger partial charge >= 0.3 is 0 Å². The van der Waals surface area contributed by atoms with E-state index in [4.69, 9.17) is 21.1 Å². The Bertz CT molecular complexity index is 1500. The molecule has 0 unspecified atom stereocenters. The Morgan fingerprint density at radius 2 is 1.68 bits per heavy atom. The summed E-state index contributed by atoms with van der Waals surface area (Å²) in [5.74, 6) is -0.935. The molecule has 0 aliphatic carbocycles. The van der Waals surface area contributed by atoms with Gasteiger partial charge in [0, 0.05) is 24.2 Å². The minimum atomic E-state index is -4.37. The molecule has 0 bridgehead atoms. The van der Waals surface area contributed by atoms with Gasteiger partial charge < -0.3 is 19.7 Å². The maximum atomic E-state index is 14.0. The molecule has 1 heterocycles. The molecule has 0 spiro atoms. The van der Waals surface area contributed by atoms with Crippen LogP contribution in [0, 0.1) is 5.82 Å². The fourth-order valence-electron chi connectivity index (χ4n) is 4.47. The molecule has 0 radical (unpaired) electrons. The normalized spacial score (nSPS) is 13.3. The topological polar surface area (TPSA) is 105 Å². The quantitative estimate of drug-likeness (QED) is 0.349. The van der Waals surface area contributed by atoms with Crippen LogP contribution in [-0.4, -0.2) is 57.5 Å². The molecule has 0 fully saturated rings. The first-order valence-electron chi connectivity index (χ1n) is 13.1.